The second kappa shape index (κ2) is 3.81. The van der Waals surface area contributed by atoms with Crippen LogP contribution >= 0.6 is 11.8 Å². The number of hydrogen-bond acceptors (Lipinski definition) is 3. The fourth-order valence-electron chi connectivity index (χ4n) is 1.96. The Kier molecular flexibility index (Phi) is 2.67. The van der Waals surface area contributed by atoms with E-state index < -0.39 is 0 Å². The monoisotopic (exact) mass is 214 g/mol. The van der Waals surface area contributed by atoms with E-state index in [2.05, 4.69) is 0 Å². The largest absolute Gasteiger partial charge is 0.327 e. The van der Waals surface area contributed by atoms with Crippen LogP contribution in [0.3, 0.4) is 0 Å². The summed E-state index contributed by atoms with van der Waals surface area (Å²) < 4.78 is 0. The molecule has 0 aromatic carbocycles. The van der Waals surface area contributed by atoms with E-state index in [0.717, 1.165) is 18.1 Å². The van der Waals surface area contributed by atoms with Gasteiger partial charge in [-0.3, -0.25) is 9.69 Å². The van der Waals surface area contributed by atoms with Gasteiger partial charge in [-0.2, -0.15) is 11.8 Å². The maximum Gasteiger partial charge on any atom is 0.327 e. The smallest absolute Gasteiger partial charge is 0.319 e. The summed E-state index contributed by atoms with van der Waals surface area (Å²) in [5.74, 6) is 1.89. The Bertz CT molecular complexity index is 270. The summed E-state index contributed by atoms with van der Waals surface area (Å²) in [5.41, 5.74) is 0. The summed E-state index contributed by atoms with van der Waals surface area (Å²) in [7, 11) is 0. The third-order valence-corrected chi connectivity index (χ3v) is 3.82. The Morgan fingerprint density at radius 3 is 3.00 bits per heavy atom. The fraction of sp³-hybridized carbons (Fsp3) is 0.778. The molecule has 2 fully saturated rings. The Labute approximate surface area is 87.6 Å². The van der Waals surface area contributed by atoms with E-state index in [1.807, 2.05) is 23.6 Å². The SMILES string of the molecule is CCN1C(=O)CC2CSCCN2C1=O. The number of urea groups is 1. The molecule has 2 aliphatic heterocycles. The van der Waals surface area contributed by atoms with Crippen LogP contribution in [0, 0.1) is 0 Å². The standard InChI is InChI=1S/C9H14N2O2S/c1-2-10-8(12)5-7-6-14-4-3-11(7)9(10)13/h7H,2-6H2,1H3. The fourth-order valence-corrected chi connectivity index (χ4v) is 3.02. The quantitative estimate of drug-likeness (QED) is 0.647. The first-order valence-electron chi connectivity index (χ1n) is 4.92. The van der Waals surface area contributed by atoms with Gasteiger partial charge in [0, 0.05) is 31.0 Å². The summed E-state index contributed by atoms with van der Waals surface area (Å²) in [6, 6.07) is 0.0607. The zero-order chi connectivity index (χ0) is 10.1. The van der Waals surface area contributed by atoms with Crippen molar-refractivity contribution in [3.8, 4) is 0 Å². The highest BCUT2D eigenvalue weighted by Crippen LogP contribution is 2.24. The number of fused-ring (bicyclic) bond motifs is 1. The molecule has 0 spiro atoms. The van der Waals surface area contributed by atoms with Crippen LogP contribution in [0.25, 0.3) is 0 Å². The summed E-state index contributed by atoms with van der Waals surface area (Å²) in [6.07, 6.45) is 0.507. The highest BCUT2D eigenvalue weighted by molar-refractivity contribution is 7.99. The molecule has 2 rings (SSSR count). The molecule has 4 nitrogen and oxygen atoms in total. The van der Waals surface area contributed by atoms with Gasteiger partial charge in [-0.1, -0.05) is 0 Å². The normalized spacial score (nSPS) is 27.9. The molecule has 3 amide bonds. The molecule has 0 saturated carbocycles. The molecule has 0 bridgehead atoms. The first-order chi connectivity index (χ1) is 6.74. The Morgan fingerprint density at radius 2 is 2.29 bits per heavy atom. The van der Waals surface area contributed by atoms with Crippen LogP contribution in [-0.4, -0.2) is 52.4 Å². The number of carbonyl (C=O) groups is 2. The zero-order valence-corrected chi connectivity index (χ0v) is 9.05. The molecule has 1 unspecified atom stereocenters. The number of amides is 3. The highest BCUT2D eigenvalue weighted by atomic mass is 32.2. The lowest BCUT2D eigenvalue weighted by molar-refractivity contribution is -0.132. The molecular formula is C9H14N2O2S. The van der Waals surface area contributed by atoms with E-state index in [4.69, 9.17) is 0 Å². The number of thioether (sulfide) groups is 1. The van der Waals surface area contributed by atoms with Crippen molar-refractivity contribution in [2.45, 2.75) is 19.4 Å². The minimum atomic E-state index is -0.0888. The Hall–Kier alpha value is -0.710. The van der Waals surface area contributed by atoms with Crippen LogP contribution in [0.2, 0.25) is 0 Å². The summed E-state index contributed by atoms with van der Waals surface area (Å²) in [5, 5.41) is 0. The molecule has 0 N–H and O–H groups in total. The number of carbonyl (C=O) groups excluding carboxylic acids is 2. The summed E-state index contributed by atoms with van der Waals surface area (Å²) >= 11 is 1.83. The predicted molar refractivity (Wildman–Crippen MR) is 55.2 cm³/mol. The van der Waals surface area contributed by atoms with Crippen molar-refractivity contribution in [3.05, 3.63) is 0 Å². The first kappa shape index (κ1) is 9.83. The van der Waals surface area contributed by atoms with Crippen molar-refractivity contribution in [3.63, 3.8) is 0 Å². The summed E-state index contributed by atoms with van der Waals surface area (Å²) in [6.45, 7) is 3.13. The van der Waals surface area contributed by atoms with Gasteiger partial charge in [-0.25, -0.2) is 4.79 Å². The van der Waals surface area contributed by atoms with Crippen LogP contribution in [-0.2, 0) is 4.79 Å². The van der Waals surface area contributed by atoms with Crippen molar-refractivity contribution < 1.29 is 9.59 Å². The number of imide groups is 1. The van der Waals surface area contributed by atoms with Gasteiger partial charge >= 0.3 is 6.03 Å². The lowest BCUT2D eigenvalue weighted by atomic mass is 10.1. The van der Waals surface area contributed by atoms with Gasteiger partial charge in [0.2, 0.25) is 5.91 Å². The van der Waals surface area contributed by atoms with Gasteiger partial charge in [0.25, 0.3) is 0 Å². The topological polar surface area (TPSA) is 40.6 Å². The van der Waals surface area contributed by atoms with Crippen LogP contribution in [0.15, 0.2) is 0 Å². The lowest BCUT2D eigenvalue weighted by Gasteiger charge is -2.42. The Morgan fingerprint density at radius 1 is 1.50 bits per heavy atom. The number of hydrogen-bond donors (Lipinski definition) is 0. The van der Waals surface area contributed by atoms with Crippen molar-refractivity contribution in [1.82, 2.24) is 9.80 Å². The average molecular weight is 214 g/mol. The van der Waals surface area contributed by atoms with Crippen LogP contribution in [0.1, 0.15) is 13.3 Å². The van der Waals surface area contributed by atoms with E-state index in [-0.39, 0.29) is 18.0 Å². The van der Waals surface area contributed by atoms with Crippen molar-refractivity contribution in [2.24, 2.45) is 0 Å². The average Bonchev–Trinajstić information content (AvgIpc) is 2.18. The second-order valence-electron chi connectivity index (χ2n) is 3.55. The molecule has 14 heavy (non-hydrogen) atoms. The van der Waals surface area contributed by atoms with E-state index >= 15 is 0 Å². The number of rotatable bonds is 1. The predicted octanol–water partition coefficient (Wildman–Crippen LogP) is 0.776. The second-order valence-corrected chi connectivity index (χ2v) is 4.70. The molecule has 0 aromatic rings. The molecule has 0 radical (unpaired) electrons. The van der Waals surface area contributed by atoms with E-state index in [0.29, 0.717) is 13.0 Å². The van der Waals surface area contributed by atoms with Crippen molar-refractivity contribution in [2.75, 3.05) is 24.6 Å². The maximum absolute atomic E-state index is 11.8. The molecule has 0 aromatic heterocycles. The number of nitrogens with zero attached hydrogens (tertiary/aromatic N) is 2. The van der Waals surface area contributed by atoms with Gasteiger partial charge in [-0.15, -0.1) is 0 Å². The minimum absolute atomic E-state index is 0.0127. The van der Waals surface area contributed by atoms with Crippen molar-refractivity contribution >= 4 is 23.7 Å². The van der Waals surface area contributed by atoms with Gasteiger partial charge in [0.1, 0.15) is 0 Å². The lowest BCUT2D eigenvalue weighted by Crippen LogP contribution is -2.59. The molecule has 2 saturated heterocycles. The van der Waals surface area contributed by atoms with Gasteiger partial charge in [0.15, 0.2) is 0 Å². The molecule has 78 valence electrons. The molecule has 2 aliphatic rings. The third kappa shape index (κ3) is 1.49. The van der Waals surface area contributed by atoms with Crippen LogP contribution in [0.5, 0.6) is 0 Å². The Balaban J connectivity index is 2.16. The molecule has 1 atom stereocenters. The first-order valence-corrected chi connectivity index (χ1v) is 6.08. The van der Waals surface area contributed by atoms with Crippen LogP contribution < -0.4 is 0 Å². The zero-order valence-electron chi connectivity index (χ0n) is 8.23. The molecule has 2 heterocycles. The molecular weight excluding hydrogens is 200 g/mol. The minimum Gasteiger partial charge on any atom is -0.319 e. The van der Waals surface area contributed by atoms with Crippen molar-refractivity contribution in [1.29, 1.82) is 0 Å². The van der Waals surface area contributed by atoms with Gasteiger partial charge in [-0.05, 0) is 6.92 Å². The van der Waals surface area contributed by atoms with E-state index in [1.165, 1.54) is 4.90 Å². The van der Waals surface area contributed by atoms with E-state index in [9.17, 15) is 9.59 Å². The van der Waals surface area contributed by atoms with Gasteiger partial charge in [0.05, 0.1) is 6.04 Å². The molecule has 5 heteroatoms. The maximum atomic E-state index is 11.8. The third-order valence-electron chi connectivity index (χ3n) is 2.73. The van der Waals surface area contributed by atoms with Crippen LogP contribution in [0.4, 0.5) is 4.79 Å². The van der Waals surface area contributed by atoms with Gasteiger partial charge < -0.3 is 4.90 Å². The molecule has 0 aliphatic carbocycles. The van der Waals surface area contributed by atoms with E-state index in [1.54, 1.807) is 0 Å². The highest BCUT2D eigenvalue weighted by Gasteiger charge is 2.38. The summed E-state index contributed by atoms with van der Waals surface area (Å²) in [4.78, 5) is 26.6.